The van der Waals surface area contributed by atoms with E-state index < -0.39 is 0 Å². The summed E-state index contributed by atoms with van der Waals surface area (Å²) in [4.78, 5) is 11.2. The van der Waals surface area contributed by atoms with Gasteiger partial charge in [-0.25, -0.2) is 4.39 Å². The Morgan fingerprint density at radius 1 is 1.33 bits per heavy atom. The van der Waals surface area contributed by atoms with E-state index in [1.165, 1.54) is 6.07 Å². The van der Waals surface area contributed by atoms with E-state index in [0.717, 1.165) is 0 Å². The summed E-state index contributed by atoms with van der Waals surface area (Å²) in [6.07, 6.45) is 2.69. The molecule has 0 bridgehead atoms. The predicted molar refractivity (Wildman–Crippen MR) is 70.8 cm³/mol. The number of carbonyl (C=O) groups excluding carboxylic acids is 1. The summed E-state index contributed by atoms with van der Waals surface area (Å²) in [5.74, 6) is -0.184. The second-order valence-corrected chi connectivity index (χ2v) is 3.93. The Morgan fingerprint density at radius 3 is 2.83 bits per heavy atom. The zero-order valence-corrected chi connectivity index (χ0v) is 10.4. The first kappa shape index (κ1) is 14.4. The molecule has 0 saturated carbocycles. The van der Waals surface area contributed by atoms with Crippen LogP contribution in [0.5, 0.6) is 0 Å². The molecule has 0 saturated heterocycles. The highest BCUT2D eigenvalue weighted by Gasteiger charge is 2.01. The highest BCUT2D eigenvalue weighted by atomic mass is 19.1. The first-order chi connectivity index (χ1) is 8.74. The maximum absolute atomic E-state index is 13.3. The Kier molecular flexibility index (Phi) is 6.72. The third-order valence-electron chi connectivity index (χ3n) is 2.50. The molecule has 18 heavy (non-hydrogen) atoms. The van der Waals surface area contributed by atoms with Crippen LogP contribution in [0.3, 0.4) is 0 Å². The van der Waals surface area contributed by atoms with Crippen molar-refractivity contribution in [2.45, 2.75) is 12.8 Å². The van der Waals surface area contributed by atoms with Crippen molar-refractivity contribution >= 4 is 5.91 Å². The molecule has 98 valence electrons. The van der Waals surface area contributed by atoms with Gasteiger partial charge in [-0.05, 0) is 24.6 Å². The topological polar surface area (TPSA) is 41.1 Å². The van der Waals surface area contributed by atoms with Crippen LogP contribution in [0.15, 0.2) is 36.9 Å². The minimum atomic E-state index is -0.178. The standard InChI is InChI=1S/C14H19FN2O/c1-2-9-17-14(18)8-11-16-10-7-12-5-3-4-6-13(12)15/h2-6,16H,1,7-11H2,(H,17,18). The van der Waals surface area contributed by atoms with Gasteiger partial charge in [-0.1, -0.05) is 24.3 Å². The number of amides is 1. The summed E-state index contributed by atoms with van der Waals surface area (Å²) in [6.45, 7) is 5.27. The monoisotopic (exact) mass is 250 g/mol. The number of benzene rings is 1. The minimum absolute atomic E-state index is 0.00621. The van der Waals surface area contributed by atoms with Crippen molar-refractivity contribution in [1.29, 1.82) is 0 Å². The van der Waals surface area contributed by atoms with Crippen LogP contribution in [-0.4, -0.2) is 25.5 Å². The quantitative estimate of drug-likeness (QED) is 0.544. The van der Waals surface area contributed by atoms with Crippen LogP contribution in [0, 0.1) is 5.82 Å². The zero-order chi connectivity index (χ0) is 13.2. The van der Waals surface area contributed by atoms with Crippen LogP contribution < -0.4 is 10.6 Å². The second-order valence-electron chi connectivity index (χ2n) is 3.93. The van der Waals surface area contributed by atoms with Crippen LogP contribution in [0.25, 0.3) is 0 Å². The van der Waals surface area contributed by atoms with E-state index in [1.54, 1.807) is 18.2 Å². The lowest BCUT2D eigenvalue weighted by Gasteiger charge is -2.06. The average Bonchev–Trinajstić information content (AvgIpc) is 2.38. The summed E-state index contributed by atoms with van der Waals surface area (Å²) in [7, 11) is 0. The second kappa shape index (κ2) is 8.42. The van der Waals surface area contributed by atoms with E-state index >= 15 is 0 Å². The van der Waals surface area contributed by atoms with Gasteiger partial charge in [0.1, 0.15) is 5.82 Å². The fourth-order valence-corrected chi connectivity index (χ4v) is 1.53. The van der Waals surface area contributed by atoms with Gasteiger partial charge in [-0.3, -0.25) is 4.79 Å². The summed E-state index contributed by atoms with van der Waals surface area (Å²) in [6, 6.07) is 6.73. The van der Waals surface area contributed by atoms with Gasteiger partial charge >= 0.3 is 0 Å². The summed E-state index contributed by atoms with van der Waals surface area (Å²) >= 11 is 0. The Balaban J connectivity index is 2.10. The molecule has 0 atom stereocenters. The van der Waals surface area contributed by atoms with Crippen molar-refractivity contribution in [1.82, 2.24) is 10.6 Å². The van der Waals surface area contributed by atoms with Gasteiger partial charge < -0.3 is 10.6 Å². The van der Waals surface area contributed by atoms with Gasteiger partial charge in [0.25, 0.3) is 0 Å². The van der Waals surface area contributed by atoms with Crippen molar-refractivity contribution in [3.8, 4) is 0 Å². The Bertz CT molecular complexity index is 393. The van der Waals surface area contributed by atoms with Gasteiger partial charge in [0, 0.05) is 19.5 Å². The SMILES string of the molecule is C=CCNC(=O)CCNCCc1ccccc1F. The largest absolute Gasteiger partial charge is 0.353 e. The number of hydrogen-bond donors (Lipinski definition) is 2. The molecule has 1 amide bonds. The van der Waals surface area contributed by atoms with Crippen LogP contribution in [-0.2, 0) is 11.2 Å². The lowest BCUT2D eigenvalue weighted by atomic mass is 10.1. The Hall–Kier alpha value is -1.68. The van der Waals surface area contributed by atoms with E-state index in [1.807, 2.05) is 6.07 Å². The maximum Gasteiger partial charge on any atom is 0.221 e. The third kappa shape index (κ3) is 5.59. The van der Waals surface area contributed by atoms with Crippen LogP contribution >= 0.6 is 0 Å². The van der Waals surface area contributed by atoms with E-state index in [9.17, 15) is 9.18 Å². The maximum atomic E-state index is 13.3. The molecule has 3 nitrogen and oxygen atoms in total. The molecular formula is C14H19FN2O. The number of halogens is 1. The van der Waals surface area contributed by atoms with E-state index in [-0.39, 0.29) is 11.7 Å². The van der Waals surface area contributed by atoms with Crippen LogP contribution in [0.2, 0.25) is 0 Å². The lowest BCUT2D eigenvalue weighted by Crippen LogP contribution is -2.28. The van der Waals surface area contributed by atoms with Crippen molar-refractivity contribution in [2.24, 2.45) is 0 Å². The molecule has 0 fully saturated rings. The smallest absolute Gasteiger partial charge is 0.221 e. The van der Waals surface area contributed by atoms with E-state index in [0.29, 0.717) is 38.0 Å². The van der Waals surface area contributed by atoms with E-state index in [2.05, 4.69) is 17.2 Å². The molecule has 4 heteroatoms. The van der Waals surface area contributed by atoms with Gasteiger partial charge in [-0.2, -0.15) is 0 Å². The number of rotatable bonds is 8. The van der Waals surface area contributed by atoms with Crippen molar-refractivity contribution in [3.63, 3.8) is 0 Å². The Labute approximate surface area is 107 Å². The minimum Gasteiger partial charge on any atom is -0.353 e. The molecule has 0 unspecified atom stereocenters. The molecule has 1 rings (SSSR count). The van der Waals surface area contributed by atoms with Gasteiger partial charge in [-0.15, -0.1) is 6.58 Å². The van der Waals surface area contributed by atoms with Gasteiger partial charge in [0.05, 0.1) is 0 Å². The van der Waals surface area contributed by atoms with E-state index in [4.69, 9.17) is 0 Å². The molecule has 0 aliphatic heterocycles. The highest BCUT2D eigenvalue weighted by molar-refractivity contribution is 5.76. The van der Waals surface area contributed by atoms with Crippen LogP contribution in [0.1, 0.15) is 12.0 Å². The number of hydrogen-bond acceptors (Lipinski definition) is 2. The molecule has 2 N–H and O–H groups in total. The first-order valence-electron chi connectivity index (χ1n) is 6.05. The van der Waals surface area contributed by atoms with Gasteiger partial charge in [0.2, 0.25) is 5.91 Å². The molecule has 0 heterocycles. The van der Waals surface area contributed by atoms with Crippen molar-refractivity contribution in [2.75, 3.05) is 19.6 Å². The van der Waals surface area contributed by atoms with Crippen molar-refractivity contribution < 1.29 is 9.18 Å². The molecular weight excluding hydrogens is 231 g/mol. The highest BCUT2D eigenvalue weighted by Crippen LogP contribution is 2.05. The Morgan fingerprint density at radius 2 is 2.11 bits per heavy atom. The number of carbonyl (C=O) groups is 1. The fraction of sp³-hybridized carbons (Fsp3) is 0.357. The summed E-state index contributed by atoms with van der Waals surface area (Å²) in [5.41, 5.74) is 0.695. The van der Waals surface area contributed by atoms with Crippen molar-refractivity contribution in [3.05, 3.63) is 48.3 Å². The van der Waals surface area contributed by atoms with Gasteiger partial charge in [0.15, 0.2) is 0 Å². The molecule has 0 aliphatic rings. The average molecular weight is 250 g/mol. The number of nitrogens with one attached hydrogen (secondary N) is 2. The lowest BCUT2D eigenvalue weighted by molar-refractivity contribution is -0.120. The molecule has 0 spiro atoms. The fourth-order valence-electron chi connectivity index (χ4n) is 1.53. The normalized spacial score (nSPS) is 10.1. The molecule has 0 radical (unpaired) electrons. The molecule has 0 aliphatic carbocycles. The first-order valence-corrected chi connectivity index (χ1v) is 6.05. The molecule has 1 aromatic rings. The van der Waals surface area contributed by atoms with Crippen LogP contribution in [0.4, 0.5) is 4.39 Å². The third-order valence-corrected chi connectivity index (χ3v) is 2.50. The zero-order valence-electron chi connectivity index (χ0n) is 10.4. The summed E-state index contributed by atoms with van der Waals surface area (Å²) < 4.78 is 13.3. The predicted octanol–water partition coefficient (Wildman–Crippen LogP) is 1.65. The molecule has 0 aromatic heterocycles. The molecule has 1 aromatic carbocycles. The summed E-state index contributed by atoms with van der Waals surface area (Å²) in [5, 5.41) is 5.81.